The third kappa shape index (κ3) is 4.34. The number of hydrogen-bond donors (Lipinski definition) is 1. The Bertz CT molecular complexity index is 242. The van der Waals surface area contributed by atoms with Gasteiger partial charge < -0.3 is 10.0 Å². The lowest BCUT2D eigenvalue weighted by Crippen LogP contribution is -2.29. The smallest absolute Gasteiger partial charge is 0.0402 e. The molecule has 1 heterocycles. The fourth-order valence-corrected chi connectivity index (χ4v) is 1.79. The molecule has 84 valence electrons. The topological polar surface area (TPSA) is 23.5 Å². The molecule has 2 rings (SSSR count). The highest BCUT2D eigenvalue weighted by Crippen LogP contribution is 2.18. The first-order chi connectivity index (χ1) is 7.38. The molecular weight excluding hydrogens is 186 g/mol. The van der Waals surface area contributed by atoms with Gasteiger partial charge in [-0.3, -0.25) is 0 Å². The molecule has 1 saturated heterocycles. The van der Waals surface area contributed by atoms with Crippen molar-refractivity contribution in [2.45, 2.75) is 26.2 Å². The van der Waals surface area contributed by atoms with Gasteiger partial charge >= 0.3 is 0 Å². The Morgan fingerprint density at radius 2 is 1.60 bits per heavy atom. The van der Waals surface area contributed by atoms with Gasteiger partial charge in [0.25, 0.3) is 0 Å². The monoisotopic (exact) mass is 207 g/mol. The normalized spacial score (nSPS) is 15.5. The molecule has 1 aliphatic heterocycles. The summed E-state index contributed by atoms with van der Waals surface area (Å²) in [4.78, 5) is 2.48. The number of piperidine rings is 1. The van der Waals surface area contributed by atoms with Crippen LogP contribution in [-0.4, -0.2) is 24.8 Å². The second-order valence-electron chi connectivity index (χ2n) is 3.70. The zero-order valence-electron chi connectivity index (χ0n) is 9.52. The Balaban J connectivity index is 0.000000337. The van der Waals surface area contributed by atoms with Crippen molar-refractivity contribution in [3.8, 4) is 0 Å². The summed E-state index contributed by atoms with van der Waals surface area (Å²) < 4.78 is 0. The van der Waals surface area contributed by atoms with Crippen LogP contribution in [0.4, 0.5) is 5.69 Å². The quantitative estimate of drug-likeness (QED) is 0.765. The maximum Gasteiger partial charge on any atom is 0.0402 e. The van der Waals surface area contributed by atoms with E-state index in [0.29, 0.717) is 0 Å². The molecule has 1 N–H and O–H groups in total. The van der Waals surface area contributed by atoms with Crippen LogP contribution in [0.1, 0.15) is 26.2 Å². The maximum atomic E-state index is 7.57. The molecule has 0 saturated carbocycles. The lowest BCUT2D eigenvalue weighted by molar-refractivity contribution is 0.318. The number of rotatable bonds is 1. The maximum absolute atomic E-state index is 7.57. The molecule has 0 aromatic heterocycles. The molecule has 15 heavy (non-hydrogen) atoms. The van der Waals surface area contributed by atoms with Crippen molar-refractivity contribution in [3.05, 3.63) is 30.3 Å². The minimum atomic E-state index is 0.250. The minimum Gasteiger partial charge on any atom is -0.397 e. The number of para-hydroxylation sites is 1. The summed E-state index contributed by atoms with van der Waals surface area (Å²) >= 11 is 0. The highest BCUT2D eigenvalue weighted by Gasteiger charge is 2.09. The summed E-state index contributed by atoms with van der Waals surface area (Å²) in [5.41, 5.74) is 1.39. The minimum absolute atomic E-state index is 0.250. The Morgan fingerprint density at radius 3 is 2.13 bits per heavy atom. The van der Waals surface area contributed by atoms with Crippen LogP contribution in [0.2, 0.25) is 0 Å². The van der Waals surface area contributed by atoms with Crippen LogP contribution < -0.4 is 4.90 Å². The second-order valence-corrected chi connectivity index (χ2v) is 3.70. The van der Waals surface area contributed by atoms with Gasteiger partial charge in [0.2, 0.25) is 0 Å². The van der Waals surface area contributed by atoms with Crippen LogP contribution in [0.25, 0.3) is 0 Å². The van der Waals surface area contributed by atoms with Crippen molar-refractivity contribution < 1.29 is 5.11 Å². The van der Waals surface area contributed by atoms with Gasteiger partial charge in [-0.05, 0) is 38.3 Å². The second kappa shape index (κ2) is 7.30. The van der Waals surface area contributed by atoms with Crippen molar-refractivity contribution in [3.63, 3.8) is 0 Å². The van der Waals surface area contributed by atoms with E-state index in [1.807, 2.05) is 0 Å². The lowest BCUT2D eigenvalue weighted by atomic mass is 10.1. The SMILES string of the molecule is CCO.c1ccc(N2CCCCC2)cc1. The van der Waals surface area contributed by atoms with E-state index in [4.69, 9.17) is 5.11 Å². The Morgan fingerprint density at radius 1 is 1.07 bits per heavy atom. The number of benzene rings is 1. The number of hydrogen-bond acceptors (Lipinski definition) is 2. The van der Waals surface area contributed by atoms with E-state index in [0.717, 1.165) is 0 Å². The van der Waals surface area contributed by atoms with Gasteiger partial charge in [-0.1, -0.05) is 18.2 Å². The molecule has 0 aliphatic carbocycles. The first-order valence-electron chi connectivity index (χ1n) is 5.79. The predicted molar refractivity (Wildman–Crippen MR) is 65.3 cm³/mol. The van der Waals surface area contributed by atoms with E-state index in [-0.39, 0.29) is 6.61 Å². The molecule has 0 unspecified atom stereocenters. The molecule has 1 aromatic carbocycles. The third-order valence-electron chi connectivity index (χ3n) is 2.48. The van der Waals surface area contributed by atoms with Crippen LogP contribution in [0.5, 0.6) is 0 Å². The van der Waals surface area contributed by atoms with E-state index in [9.17, 15) is 0 Å². The highest BCUT2D eigenvalue weighted by molar-refractivity contribution is 5.46. The standard InChI is InChI=1S/C11H15N.C2H6O/c1-3-7-11(8-4-1)12-9-5-2-6-10-12;1-2-3/h1,3-4,7-8H,2,5-6,9-10H2;3H,2H2,1H3. The molecule has 1 aliphatic rings. The van der Waals surface area contributed by atoms with Crippen molar-refractivity contribution in [2.75, 3.05) is 24.6 Å². The first kappa shape index (κ1) is 12.1. The molecule has 0 radical (unpaired) electrons. The van der Waals surface area contributed by atoms with Crippen molar-refractivity contribution in [1.29, 1.82) is 0 Å². The van der Waals surface area contributed by atoms with Gasteiger partial charge in [0.05, 0.1) is 0 Å². The van der Waals surface area contributed by atoms with Gasteiger partial charge in [0.1, 0.15) is 0 Å². The molecule has 0 atom stereocenters. The van der Waals surface area contributed by atoms with E-state index in [1.165, 1.54) is 38.0 Å². The van der Waals surface area contributed by atoms with Crippen LogP contribution in [0.15, 0.2) is 30.3 Å². The van der Waals surface area contributed by atoms with E-state index in [1.54, 1.807) is 6.92 Å². The van der Waals surface area contributed by atoms with Gasteiger partial charge in [-0.25, -0.2) is 0 Å². The fraction of sp³-hybridized carbons (Fsp3) is 0.538. The average molecular weight is 207 g/mol. The zero-order chi connectivity index (χ0) is 10.9. The van der Waals surface area contributed by atoms with Gasteiger partial charge in [-0.15, -0.1) is 0 Å². The lowest BCUT2D eigenvalue weighted by Gasteiger charge is -2.28. The molecule has 0 amide bonds. The molecular formula is C13H21NO. The van der Waals surface area contributed by atoms with Crippen LogP contribution in [0, 0.1) is 0 Å². The molecule has 2 heteroatoms. The molecule has 1 fully saturated rings. The number of aliphatic hydroxyl groups is 1. The third-order valence-corrected chi connectivity index (χ3v) is 2.48. The van der Waals surface area contributed by atoms with E-state index >= 15 is 0 Å². The molecule has 0 bridgehead atoms. The highest BCUT2D eigenvalue weighted by atomic mass is 16.2. The van der Waals surface area contributed by atoms with E-state index < -0.39 is 0 Å². The van der Waals surface area contributed by atoms with Crippen molar-refractivity contribution in [2.24, 2.45) is 0 Å². The van der Waals surface area contributed by atoms with Crippen LogP contribution in [0.3, 0.4) is 0 Å². The van der Waals surface area contributed by atoms with E-state index in [2.05, 4.69) is 35.2 Å². The Hall–Kier alpha value is -1.02. The zero-order valence-corrected chi connectivity index (χ0v) is 9.52. The summed E-state index contributed by atoms with van der Waals surface area (Å²) in [5, 5.41) is 7.57. The summed E-state index contributed by atoms with van der Waals surface area (Å²) in [6.45, 7) is 4.41. The predicted octanol–water partition coefficient (Wildman–Crippen LogP) is 2.68. The number of aliphatic hydroxyl groups excluding tert-OH is 1. The summed E-state index contributed by atoms with van der Waals surface area (Å²) in [5.74, 6) is 0. The largest absolute Gasteiger partial charge is 0.397 e. The number of nitrogens with zero attached hydrogens (tertiary/aromatic N) is 1. The summed E-state index contributed by atoms with van der Waals surface area (Å²) in [7, 11) is 0. The van der Waals surface area contributed by atoms with Gasteiger partial charge in [-0.2, -0.15) is 0 Å². The van der Waals surface area contributed by atoms with Gasteiger partial charge in [0, 0.05) is 25.4 Å². The van der Waals surface area contributed by atoms with Crippen LogP contribution in [-0.2, 0) is 0 Å². The van der Waals surface area contributed by atoms with Crippen molar-refractivity contribution >= 4 is 5.69 Å². The first-order valence-corrected chi connectivity index (χ1v) is 5.79. The van der Waals surface area contributed by atoms with Crippen molar-refractivity contribution in [1.82, 2.24) is 0 Å². The molecule has 2 nitrogen and oxygen atoms in total. The molecule has 0 spiro atoms. The number of anilines is 1. The molecule has 1 aromatic rings. The Labute approximate surface area is 92.5 Å². The summed E-state index contributed by atoms with van der Waals surface area (Å²) in [6, 6.07) is 10.7. The van der Waals surface area contributed by atoms with Crippen LogP contribution >= 0.6 is 0 Å². The Kier molecular flexibility index (Phi) is 5.86. The summed E-state index contributed by atoms with van der Waals surface area (Å²) in [6.07, 6.45) is 4.12. The fourth-order valence-electron chi connectivity index (χ4n) is 1.79. The average Bonchev–Trinajstić information content (AvgIpc) is 2.32. The van der Waals surface area contributed by atoms with Gasteiger partial charge in [0.15, 0.2) is 0 Å².